The predicted molar refractivity (Wildman–Crippen MR) is 283 cm³/mol. The number of carboxylic acid groups (broad SMARTS) is 1. The summed E-state index contributed by atoms with van der Waals surface area (Å²) in [6, 6.07) is 45.6. The van der Waals surface area contributed by atoms with Crippen LogP contribution in [0.15, 0.2) is 189 Å². The van der Waals surface area contributed by atoms with Crippen LogP contribution in [-0.2, 0) is 15.1 Å². The Morgan fingerprint density at radius 2 is 1.12 bits per heavy atom. The molecule has 0 aliphatic rings. The Bertz CT molecular complexity index is 3090. The fourth-order valence-corrected chi connectivity index (χ4v) is 7.95. The maximum atomic E-state index is 14.6. The van der Waals surface area contributed by atoms with Gasteiger partial charge in [0.25, 0.3) is 23.4 Å². The first-order valence-corrected chi connectivity index (χ1v) is 23.6. The van der Waals surface area contributed by atoms with Crippen LogP contribution in [0.4, 0.5) is 22.7 Å². The summed E-state index contributed by atoms with van der Waals surface area (Å²) in [6.45, 7) is 7.69. The zero-order chi connectivity index (χ0) is 53.5. The Balaban J connectivity index is 1.14. The van der Waals surface area contributed by atoms with Crippen molar-refractivity contribution in [3.63, 3.8) is 0 Å². The molecule has 7 aromatic carbocycles. The summed E-state index contributed by atoms with van der Waals surface area (Å²) in [5.74, 6) is -4.40. The van der Waals surface area contributed by atoms with Crippen LogP contribution in [0.25, 0.3) is 0 Å². The molecule has 7 aromatic rings. The summed E-state index contributed by atoms with van der Waals surface area (Å²) in [4.78, 5) is 92.3. The third-order valence-electron chi connectivity index (χ3n) is 11.6. The van der Waals surface area contributed by atoms with E-state index in [1.807, 2.05) is 105 Å². The van der Waals surface area contributed by atoms with Crippen LogP contribution >= 0.6 is 0 Å². The molecule has 7 rings (SSSR count). The molecule has 0 aromatic heterocycles. The van der Waals surface area contributed by atoms with Gasteiger partial charge in [-0.15, -0.1) is 0 Å². The zero-order valence-corrected chi connectivity index (χ0v) is 40.8. The van der Waals surface area contributed by atoms with E-state index >= 15 is 0 Å². The summed E-state index contributed by atoms with van der Waals surface area (Å²) < 4.78 is 12.2. The van der Waals surface area contributed by atoms with Crippen molar-refractivity contribution >= 4 is 58.3 Å². The molecular weight excluding hydrogens is 957 g/mol. The van der Waals surface area contributed by atoms with Crippen molar-refractivity contribution in [1.82, 2.24) is 10.6 Å². The molecule has 75 heavy (non-hydrogen) atoms. The molecule has 0 saturated heterocycles. The van der Waals surface area contributed by atoms with E-state index in [-0.39, 0.29) is 69.9 Å². The summed E-state index contributed by atoms with van der Waals surface area (Å²) in [5, 5.41) is 34.8. The number of amides is 5. The van der Waals surface area contributed by atoms with Gasteiger partial charge in [0.1, 0.15) is 18.2 Å². The zero-order valence-electron chi connectivity index (χ0n) is 40.8. The highest BCUT2D eigenvalue weighted by molar-refractivity contribution is 6.10. The summed E-state index contributed by atoms with van der Waals surface area (Å²) in [6.07, 6.45) is 0.918. The van der Waals surface area contributed by atoms with E-state index in [0.29, 0.717) is 5.69 Å². The van der Waals surface area contributed by atoms with Crippen LogP contribution in [0, 0.1) is 16.0 Å². The van der Waals surface area contributed by atoms with Crippen LogP contribution < -0.4 is 36.1 Å². The van der Waals surface area contributed by atoms with Gasteiger partial charge in [0, 0.05) is 34.6 Å². The monoisotopic (exact) mass is 1010 g/mol. The van der Waals surface area contributed by atoms with Gasteiger partial charge in [0.05, 0.1) is 34.8 Å². The Labute approximate surface area is 431 Å². The van der Waals surface area contributed by atoms with Crippen LogP contribution in [-0.4, -0.2) is 64.8 Å². The van der Waals surface area contributed by atoms with Crippen LogP contribution in [0.1, 0.15) is 78.4 Å². The highest BCUT2D eigenvalue weighted by atomic mass is 16.6. The van der Waals surface area contributed by atoms with E-state index in [4.69, 9.17) is 9.47 Å². The average Bonchev–Trinajstić information content (AvgIpc) is 3.42. The molecule has 0 aliphatic carbocycles. The molecule has 0 bridgehead atoms. The minimum atomic E-state index is -1.50. The number of non-ortho nitro benzene ring substituents is 1. The van der Waals surface area contributed by atoms with Gasteiger partial charge in [-0.2, -0.15) is 0 Å². The fourth-order valence-electron chi connectivity index (χ4n) is 7.95. The number of aromatic carboxylic acids is 1. The number of hydrogen-bond acceptors (Lipinski definition) is 10. The molecule has 0 fully saturated rings. The number of carboxylic acids is 1. The van der Waals surface area contributed by atoms with Crippen LogP contribution in [0.5, 0.6) is 11.5 Å². The van der Waals surface area contributed by atoms with Gasteiger partial charge in [-0.05, 0) is 95.4 Å². The molecule has 5 amide bonds. The number of nitro groups is 1. The molecule has 6 N–H and O–H groups in total. The average molecular weight is 1010 g/mol. The van der Waals surface area contributed by atoms with Crippen LogP contribution in [0.3, 0.4) is 0 Å². The van der Waals surface area contributed by atoms with Crippen LogP contribution in [0.2, 0.25) is 0 Å². The van der Waals surface area contributed by atoms with Gasteiger partial charge in [0.2, 0.25) is 11.8 Å². The number of ether oxygens (including phenoxy) is 2. The second kappa shape index (κ2) is 24.5. The Morgan fingerprint density at radius 3 is 1.63 bits per heavy atom. The smallest absolute Gasteiger partial charge is 0.335 e. The minimum Gasteiger partial charge on any atom is -0.487 e. The van der Waals surface area contributed by atoms with Gasteiger partial charge < -0.3 is 41.2 Å². The summed E-state index contributed by atoms with van der Waals surface area (Å²) >= 11 is 0. The molecule has 0 aliphatic heterocycles. The number of nitro benzene ring substituents is 1. The van der Waals surface area contributed by atoms with Crippen molar-refractivity contribution in [2.45, 2.75) is 31.8 Å². The van der Waals surface area contributed by atoms with E-state index in [2.05, 4.69) is 33.2 Å². The van der Waals surface area contributed by atoms with Crippen molar-refractivity contribution < 1.29 is 48.3 Å². The number of hydrogen-bond donors (Lipinski definition) is 6. The van der Waals surface area contributed by atoms with E-state index in [0.717, 1.165) is 28.8 Å². The normalized spacial score (nSPS) is 11.3. The number of nitrogens with one attached hydrogen (secondary N) is 5. The van der Waals surface area contributed by atoms with Gasteiger partial charge in [-0.3, -0.25) is 34.1 Å². The lowest BCUT2D eigenvalue weighted by molar-refractivity contribution is -0.384. The van der Waals surface area contributed by atoms with E-state index < -0.39 is 58.4 Å². The molecule has 17 heteroatoms. The number of carbonyl (C=O) groups excluding carboxylic acids is 5. The van der Waals surface area contributed by atoms with E-state index in [1.165, 1.54) is 78.9 Å². The number of anilines is 3. The second-order valence-corrected chi connectivity index (χ2v) is 17.4. The molecule has 0 radical (unpaired) electrons. The number of rotatable bonds is 22. The first kappa shape index (κ1) is 52.9. The summed E-state index contributed by atoms with van der Waals surface area (Å²) in [5.41, 5.74) is 1.59. The van der Waals surface area contributed by atoms with Gasteiger partial charge >= 0.3 is 5.97 Å². The van der Waals surface area contributed by atoms with Crippen molar-refractivity contribution in [1.29, 1.82) is 0 Å². The van der Waals surface area contributed by atoms with Crippen molar-refractivity contribution in [3.05, 3.63) is 238 Å². The molecule has 17 nitrogen and oxygen atoms in total. The standard InChI is InChI=1S/C58H52N6O11/c1-4-34-74-51-47(55(68)59-44-28-22-40(23-29-44)57(70)71)32-33-48(52(51)75-36-37(2)3)61-53(66)38-20-26-45(27-21-38)60-56(69)49(62-54(67)39-24-30-46(31-25-39)64(72)73)35-50(65)63-58(41-14-8-5-9-15-41,42-16-10-6-11-17-42)43-18-12-7-13-19-43/h4-33,37,49H,1,34-36H2,2-3H3,(H,59,68)(H,60,69)(H,61,66)(H,62,67)(H,63,65)(H,70,71)/t49-/m0/s1. The third-order valence-corrected chi connectivity index (χ3v) is 11.6. The first-order valence-electron chi connectivity index (χ1n) is 23.6. The highest BCUT2D eigenvalue weighted by Gasteiger charge is 2.39. The van der Waals surface area contributed by atoms with Gasteiger partial charge in [-0.25, -0.2) is 4.79 Å². The second-order valence-electron chi connectivity index (χ2n) is 17.4. The number of benzene rings is 7. The fraction of sp³-hybridized carbons (Fsp3) is 0.138. The number of carbonyl (C=O) groups is 6. The molecule has 0 spiro atoms. The lowest BCUT2D eigenvalue weighted by Gasteiger charge is -2.37. The molecule has 0 unspecified atom stereocenters. The Hall–Kier alpha value is -9.90. The largest absolute Gasteiger partial charge is 0.487 e. The molecule has 380 valence electrons. The van der Waals surface area contributed by atoms with Crippen molar-refractivity contribution in [3.8, 4) is 11.5 Å². The Morgan fingerprint density at radius 1 is 0.613 bits per heavy atom. The van der Waals surface area contributed by atoms with E-state index in [9.17, 15) is 44.0 Å². The van der Waals surface area contributed by atoms with Gasteiger partial charge in [-0.1, -0.05) is 117 Å². The predicted octanol–water partition coefficient (Wildman–Crippen LogP) is 9.63. The first-order chi connectivity index (χ1) is 36.2. The highest BCUT2D eigenvalue weighted by Crippen LogP contribution is 2.41. The van der Waals surface area contributed by atoms with Gasteiger partial charge in [0.15, 0.2) is 11.5 Å². The lowest BCUT2D eigenvalue weighted by Crippen LogP contribution is -2.52. The Kier molecular flexibility index (Phi) is 17.3. The van der Waals surface area contributed by atoms with Crippen molar-refractivity contribution in [2.24, 2.45) is 5.92 Å². The summed E-state index contributed by atoms with van der Waals surface area (Å²) in [7, 11) is 0. The maximum absolute atomic E-state index is 14.6. The lowest BCUT2D eigenvalue weighted by atomic mass is 9.77. The third kappa shape index (κ3) is 13.2. The quantitative estimate of drug-likeness (QED) is 0.0162. The minimum absolute atomic E-state index is 0.00115. The molecular formula is C58H52N6O11. The topological polar surface area (TPSA) is 244 Å². The molecule has 0 heterocycles. The maximum Gasteiger partial charge on any atom is 0.335 e. The molecule has 0 saturated carbocycles. The number of nitrogens with zero attached hydrogens (tertiary/aromatic N) is 1. The van der Waals surface area contributed by atoms with Crippen molar-refractivity contribution in [2.75, 3.05) is 29.2 Å². The SMILES string of the molecule is C=CCOc1c(C(=O)Nc2ccc(C(=O)O)cc2)ccc(NC(=O)c2ccc(NC(=O)[C@H](CC(=O)NC(c3ccccc3)(c3ccccc3)c3ccccc3)NC(=O)c3ccc([N+](=O)[O-])cc3)cc2)c1OCC(C)C. The van der Waals surface area contributed by atoms with E-state index in [1.54, 1.807) is 0 Å². The molecule has 1 atom stereocenters.